The summed E-state index contributed by atoms with van der Waals surface area (Å²) < 4.78 is 39.0. The van der Waals surface area contributed by atoms with Crippen molar-refractivity contribution < 1.29 is 22.7 Å². The Labute approximate surface area is 183 Å². The lowest BCUT2D eigenvalue weighted by Gasteiger charge is -2.29. The van der Waals surface area contributed by atoms with E-state index < -0.39 is 22.0 Å². The number of aryl methyl sites for hydroxylation is 1. The number of nitrogens with zero attached hydrogens (tertiary/aromatic N) is 2. The molecule has 2 aromatic carbocycles. The third-order valence-electron chi connectivity index (χ3n) is 4.77. The normalized spacial score (nSPS) is 12.4. The van der Waals surface area contributed by atoms with Crippen LogP contribution in [0.5, 0.6) is 11.5 Å². The first-order chi connectivity index (χ1) is 14.6. The second kappa shape index (κ2) is 8.60. The van der Waals surface area contributed by atoms with Crippen LogP contribution in [0.1, 0.15) is 6.92 Å². The van der Waals surface area contributed by atoms with Gasteiger partial charge in [-0.25, -0.2) is 8.42 Å². The van der Waals surface area contributed by atoms with E-state index in [1.54, 1.807) is 37.4 Å². The summed E-state index contributed by atoms with van der Waals surface area (Å²) in [7, 11) is 0.692. The Bertz CT molecular complexity index is 1300. The number of fused-ring (bicyclic) bond motifs is 1. The van der Waals surface area contributed by atoms with Gasteiger partial charge in [0.15, 0.2) is 0 Å². The molecule has 0 fully saturated rings. The number of aromatic nitrogens is 1. The predicted molar refractivity (Wildman–Crippen MR) is 122 cm³/mol. The summed E-state index contributed by atoms with van der Waals surface area (Å²) in [6, 6.07) is 8.68. The Morgan fingerprint density at radius 1 is 1.16 bits per heavy atom. The van der Waals surface area contributed by atoms with Gasteiger partial charge in [0.05, 0.1) is 36.4 Å². The number of amides is 1. The summed E-state index contributed by atoms with van der Waals surface area (Å²) in [5.74, 6) is 0.153. The van der Waals surface area contributed by atoms with Gasteiger partial charge in [-0.1, -0.05) is 11.3 Å². The van der Waals surface area contributed by atoms with E-state index in [2.05, 4.69) is 5.32 Å². The number of ether oxygens (including phenoxy) is 2. The highest BCUT2D eigenvalue weighted by Crippen LogP contribution is 2.35. The van der Waals surface area contributed by atoms with Crippen molar-refractivity contribution in [3.8, 4) is 11.5 Å². The number of hydrogen-bond acceptors (Lipinski definition) is 7. The van der Waals surface area contributed by atoms with Crippen LogP contribution in [-0.2, 0) is 21.9 Å². The summed E-state index contributed by atoms with van der Waals surface area (Å²) in [4.78, 5) is 24.7. The molecule has 0 radical (unpaired) electrons. The van der Waals surface area contributed by atoms with Crippen LogP contribution in [0, 0.1) is 0 Å². The van der Waals surface area contributed by atoms with Gasteiger partial charge in [0.25, 0.3) is 0 Å². The molecule has 1 unspecified atom stereocenters. The largest absolute Gasteiger partial charge is 0.497 e. The number of sulfonamides is 1. The van der Waals surface area contributed by atoms with Crippen molar-refractivity contribution >= 4 is 48.9 Å². The van der Waals surface area contributed by atoms with Crippen LogP contribution in [0.25, 0.3) is 10.2 Å². The van der Waals surface area contributed by atoms with E-state index in [0.717, 1.165) is 27.4 Å². The molecule has 1 amide bonds. The Morgan fingerprint density at radius 2 is 1.87 bits per heavy atom. The summed E-state index contributed by atoms with van der Waals surface area (Å²) in [5, 5.41) is 2.73. The molecular weight excluding hydrogens is 442 g/mol. The zero-order valence-corrected chi connectivity index (χ0v) is 19.3. The highest BCUT2D eigenvalue weighted by Gasteiger charge is 2.31. The standard InChI is InChI=1S/C20H23N3O6S2/c1-12(19(24)21-13-6-8-15-18(10-13)30-20(25)22(15)2)23(31(5,26)27)16-11-14(28-3)7-9-17(16)29-4/h6-12H,1-5H3,(H,21,24). The van der Waals surface area contributed by atoms with Gasteiger partial charge in [-0.15, -0.1) is 0 Å². The molecule has 0 aliphatic carbocycles. The number of thiazole rings is 1. The van der Waals surface area contributed by atoms with E-state index in [-0.39, 0.29) is 16.3 Å². The number of carbonyl (C=O) groups excluding carboxylic acids is 1. The second-order valence-electron chi connectivity index (χ2n) is 6.87. The van der Waals surface area contributed by atoms with E-state index >= 15 is 0 Å². The zero-order chi connectivity index (χ0) is 22.9. The van der Waals surface area contributed by atoms with E-state index in [1.165, 1.54) is 31.8 Å². The topological polar surface area (TPSA) is 107 Å². The fraction of sp³-hybridized carbons (Fsp3) is 0.300. The molecule has 1 N–H and O–H groups in total. The maximum absolute atomic E-state index is 13.0. The molecule has 0 spiro atoms. The van der Waals surface area contributed by atoms with Crippen LogP contribution < -0.4 is 24.0 Å². The van der Waals surface area contributed by atoms with Crippen molar-refractivity contribution in [3.05, 3.63) is 46.1 Å². The molecule has 166 valence electrons. The molecule has 31 heavy (non-hydrogen) atoms. The number of benzene rings is 2. The van der Waals surface area contributed by atoms with Gasteiger partial charge in [0.1, 0.15) is 17.5 Å². The number of nitrogens with one attached hydrogen (secondary N) is 1. The van der Waals surface area contributed by atoms with Crippen molar-refractivity contribution in [2.24, 2.45) is 7.05 Å². The van der Waals surface area contributed by atoms with E-state index in [4.69, 9.17) is 9.47 Å². The Morgan fingerprint density at radius 3 is 2.48 bits per heavy atom. The molecule has 0 saturated heterocycles. The number of carbonyl (C=O) groups is 1. The zero-order valence-electron chi connectivity index (χ0n) is 17.7. The van der Waals surface area contributed by atoms with Crippen LogP contribution in [0.3, 0.4) is 0 Å². The van der Waals surface area contributed by atoms with Crippen molar-refractivity contribution in [2.75, 3.05) is 30.1 Å². The molecule has 9 nitrogen and oxygen atoms in total. The number of rotatable bonds is 7. The van der Waals surface area contributed by atoms with Crippen LogP contribution >= 0.6 is 11.3 Å². The molecule has 0 saturated carbocycles. The summed E-state index contributed by atoms with van der Waals surface area (Å²) in [6.07, 6.45) is 1.02. The maximum Gasteiger partial charge on any atom is 0.307 e. The molecule has 3 aromatic rings. The molecule has 0 aliphatic rings. The van der Waals surface area contributed by atoms with E-state index in [9.17, 15) is 18.0 Å². The van der Waals surface area contributed by atoms with Gasteiger partial charge in [-0.2, -0.15) is 0 Å². The number of anilines is 2. The minimum atomic E-state index is -3.85. The minimum Gasteiger partial charge on any atom is -0.497 e. The van der Waals surface area contributed by atoms with Gasteiger partial charge in [-0.05, 0) is 37.3 Å². The molecular formula is C20H23N3O6S2. The lowest BCUT2D eigenvalue weighted by molar-refractivity contribution is -0.116. The first-order valence-corrected chi connectivity index (χ1v) is 11.8. The monoisotopic (exact) mass is 465 g/mol. The van der Waals surface area contributed by atoms with Crippen LogP contribution in [0.15, 0.2) is 41.2 Å². The first kappa shape index (κ1) is 22.6. The summed E-state index contributed by atoms with van der Waals surface area (Å²) >= 11 is 1.06. The van der Waals surface area contributed by atoms with Crippen LogP contribution in [0.4, 0.5) is 11.4 Å². The Hall–Kier alpha value is -3.05. The van der Waals surface area contributed by atoms with Gasteiger partial charge >= 0.3 is 4.87 Å². The van der Waals surface area contributed by atoms with Crippen LogP contribution in [-0.4, -0.2) is 45.4 Å². The fourth-order valence-electron chi connectivity index (χ4n) is 3.21. The first-order valence-electron chi connectivity index (χ1n) is 9.18. The highest BCUT2D eigenvalue weighted by molar-refractivity contribution is 7.92. The molecule has 0 bridgehead atoms. The van der Waals surface area contributed by atoms with Gasteiger partial charge < -0.3 is 19.4 Å². The molecule has 1 aromatic heterocycles. The smallest absolute Gasteiger partial charge is 0.307 e. The van der Waals surface area contributed by atoms with Crippen molar-refractivity contribution in [2.45, 2.75) is 13.0 Å². The van der Waals surface area contributed by atoms with Crippen LogP contribution in [0.2, 0.25) is 0 Å². The van der Waals surface area contributed by atoms with Gasteiger partial charge in [0, 0.05) is 18.8 Å². The van der Waals surface area contributed by atoms with Crippen molar-refractivity contribution in [1.29, 1.82) is 0 Å². The van der Waals surface area contributed by atoms with Crippen molar-refractivity contribution in [3.63, 3.8) is 0 Å². The Kier molecular flexibility index (Phi) is 6.27. The lowest BCUT2D eigenvalue weighted by Crippen LogP contribution is -2.45. The van der Waals surface area contributed by atoms with Gasteiger partial charge in [0.2, 0.25) is 15.9 Å². The summed E-state index contributed by atoms with van der Waals surface area (Å²) in [6.45, 7) is 1.48. The second-order valence-corrected chi connectivity index (χ2v) is 9.72. The quantitative estimate of drug-likeness (QED) is 0.574. The Balaban J connectivity index is 1.96. The van der Waals surface area contributed by atoms with E-state index in [1.807, 2.05) is 0 Å². The predicted octanol–water partition coefficient (Wildman–Crippen LogP) is 2.41. The third kappa shape index (κ3) is 4.52. The van der Waals surface area contributed by atoms with Crippen molar-refractivity contribution in [1.82, 2.24) is 4.57 Å². The average molecular weight is 466 g/mol. The average Bonchev–Trinajstić information content (AvgIpc) is 3.00. The fourth-order valence-corrected chi connectivity index (χ4v) is 5.30. The van der Waals surface area contributed by atoms with Gasteiger partial charge in [-0.3, -0.25) is 13.9 Å². The lowest BCUT2D eigenvalue weighted by atomic mass is 10.2. The van der Waals surface area contributed by atoms with E-state index in [0.29, 0.717) is 16.1 Å². The maximum atomic E-state index is 13.0. The molecule has 1 heterocycles. The third-order valence-corrected chi connectivity index (χ3v) is 6.99. The summed E-state index contributed by atoms with van der Waals surface area (Å²) in [5.41, 5.74) is 1.39. The molecule has 0 aliphatic heterocycles. The number of hydrogen-bond donors (Lipinski definition) is 1. The molecule has 3 rings (SSSR count). The molecule has 1 atom stereocenters. The minimum absolute atomic E-state index is 0.111. The number of methoxy groups -OCH3 is 2. The SMILES string of the molecule is COc1ccc(OC)c(N(C(C)C(=O)Nc2ccc3c(c2)sc(=O)n3C)S(C)(=O)=O)c1. The highest BCUT2D eigenvalue weighted by atomic mass is 32.2. The molecule has 11 heteroatoms.